The van der Waals surface area contributed by atoms with Gasteiger partial charge >= 0.3 is 5.97 Å². The van der Waals surface area contributed by atoms with Gasteiger partial charge in [0.2, 0.25) is 10.0 Å². The first-order valence-corrected chi connectivity index (χ1v) is 13.7. The van der Waals surface area contributed by atoms with Crippen LogP contribution in [0.15, 0.2) is 42.5 Å². The molecule has 0 atom stereocenters. The quantitative estimate of drug-likeness (QED) is 0.562. The zero-order valence-corrected chi connectivity index (χ0v) is 21.9. The number of nitrogens with zero attached hydrogens (tertiary/aromatic N) is 2. The van der Waals surface area contributed by atoms with Crippen LogP contribution in [0.2, 0.25) is 0 Å². The molecule has 0 spiro atoms. The number of hydrogen-bond donors (Lipinski definition) is 0. The number of piperidine rings is 2. The molecule has 190 valence electrons. The summed E-state index contributed by atoms with van der Waals surface area (Å²) in [6.45, 7) is 4.06. The van der Waals surface area contributed by atoms with E-state index in [1.165, 1.54) is 22.5 Å². The van der Waals surface area contributed by atoms with Gasteiger partial charge in [-0.25, -0.2) is 12.7 Å². The summed E-state index contributed by atoms with van der Waals surface area (Å²) in [4.78, 5) is 14.8. The fourth-order valence-corrected chi connectivity index (χ4v) is 7.64. The van der Waals surface area contributed by atoms with Crippen LogP contribution in [0.5, 0.6) is 5.75 Å². The maximum absolute atomic E-state index is 13.7. The van der Waals surface area contributed by atoms with Gasteiger partial charge < -0.3 is 14.4 Å². The number of aryl methyl sites for hydroxylation is 1. The highest BCUT2D eigenvalue weighted by atomic mass is 32.2. The predicted octanol–water partition coefficient (Wildman–Crippen LogP) is 3.82. The third-order valence-electron chi connectivity index (χ3n) is 7.74. The molecule has 4 rings (SSSR count). The lowest BCUT2D eigenvalue weighted by atomic mass is 9.87. The van der Waals surface area contributed by atoms with Crippen molar-refractivity contribution in [1.82, 2.24) is 9.21 Å². The van der Waals surface area contributed by atoms with Gasteiger partial charge in [0, 0.05) is 13.1 Å². The highest BCUT2D eigenvalue weighted by Crippen LogP contribution is 2.38. The van der Waals surface area contributed by atoms with Crippen molar-refractivity contribution < 1.29 is 22.7 Å². The van der Waals surface area contributed by atoms with Crippen LogP contribution in [0.25, 0.3) is 11.1 Å². The number of esters is 1. The molecule has 0 aromatic heterocycles. The van der Waals surface area contributed by atoms with Crippen molar-refractivity contribution in [3.8, 4) is 16.9 Å². The number of methoxy groups -OCH3 is 2. The number of hydrogen-bond acceptors (Lipinski definition) is 6. The Labute approximate surface area is 209 Å². The Morgan fingerprint density at radius 1 is 1.00 bits per heavy atom. The molecule has 2 aromatic rings. The topological polar surface area (TPSA) is 76.2 Å². The molecule has 35 heavy (non-hydrogen) atoms. The summed E-state index contributed by atoms with van der Waals surface area (Å²) in [5, 5.41) is 0. The lowest BCUT2D eigenvalue weighted by molar-refractivity contribution is -0.145. The second kappa shape index (κ2) is 10.3. The minimum absolute atomic E-state index is 0.267. The smallest absolute Gasteiger partial charge is 0.328 e. The van der Waals surface area contributed by atoms with Gasteiger partial charge in [0.15, 0.2) is 4.75 Å². The van der Waals surface area contributed by atoms with Crippen LogP contribution in [0.1, 0.15) is 42.7 Å². The van der Waals surface area contributed by atoms with E-state index >= 15 is 0 Å². The van der Waals surface area contributed by atoms with E-state index in [0.717, 1.165) is 29.7 Å². The summed E-state index contributed by atoms with van der Waals surface area (Å²) in [6.07, 6.45) is 2.00. The highest BCUT2D eigenvalue weighted by Gasteiger charge is 2.55. The summed E-state index contributed by atoms with van der Waals surface area (Å²) in [6, 6.07) is 14.6. The van der Waals surface area contributed by atoms with Crippen LogP contribution in [0.4, 0.5) is 0 Å². The number of ether oxygens (including phenoxy) is 2. The van der Waals surface area contributed by atoms with Gasteiger partial charge in [-0.1, -0.05) is 30.3 Å². The first-order chi connectivity index (χ1) is 16.7. The molecule has 0 unspecified atom stereocenters. The van der Waals surface area contributed by atoms with Crippen LogP contribution in [0, 0.1) is 6.92 Å². The third kappa shape index (κ3) is 4.84. The van der Waals surface area contributed by atoms with E-state index in [-0.39, 0.29) is 18.8 Å². The van der Waals surface area contributed by atoms with Crippen molar-refractivity contribution in [3.05, 3.63) is 53.6 Å². The van der Waals surface area contributed by atoms with Crippen LogP contribution in [-0.4, -0.2) is 75.8 Å². The molecule has 0 aliphatic carbocycles. The normalized spacial score (nSPS) is 19.9. The summed E-state index contributed by atoms with van der Waals surface area (Å²) < 4.78 is 37.9. The molecule has 2 aliphatic heterocycles. The van der Waals surface area contributed by atoms with Gasteiger partial charge in [-0.3, -0.25) is 4.79 Å². The number of benzene rings is 2. The van der Waals surface area contributed by atoms with Crippen LogP contribution >= 0.6 is 0 Å². The minimum atomic E-state index is -3.82. The second-order valence-corrected chi connectivity index (χ2v) is 12.0. The number of likely N-dealkylation sites (tertiary alicyclic amines) is 1. The van der Waals surface area contributed by atoms with Crippen molar-refractivity contribution >= 4 is 16.0 Å². The molecule has 0 bridgehead atoms. The molecule has 2 aromatic carbocycles. The summed E-state index contributed by atoms with van der Waals surface area (Å²) >= 11 is 0. The maximum Gasteiger partial charge on any atom is 0.328 e. The van der Waals surface area contributed by atoms with Gasteiger partial charge in [-0.15, -0.1) is 0 Å². The fourth-order valence-electron chi connectivity index (χ4n) is 5.47. The lowest BCUT2D eigenvalue weighted by Gasteiger charge is -2.42. The first-order valence-electron chi connectivity index (χ1n) is 12.2. The molecule has 0 saturated carbocycles. The predicted molar refractivity (Wildman–Crippen MR) is 137 cm³/mol. The molecule has 0 N–H and O–H groups in total. The average Bonchev–Trinajstić information content (AvgIpc) is 2.88. The van der Waals surface area contributed by atoms with Crippen molar-refractivity contribution in [3.63, 3.8) is 0 Å². The van der Waals surface area contributed by atoms with Gasteiger partial charge in [0.1, 0.15) is 5.75 Å². The van der Waals surface area contributed by atoms with E-state index in [4.69, 9.17) is 9.47 Å². The Kier molecular flexibility index (Phi) is 7.54. The molecular formula is C27H36N2O5S. The molecular weight excluding hydrogens is 464 g/mol. The Bertz CT molecular complexity index is 1160. The maximum atomic E-state index is 13.7. The van der Waals surface area contributed by atoms with Crippen molar-refractivity contribution in [2.24, 2.45) is 0 Å². The Hall–Kier alpha value is -2.42. The largest absolute Gasteiger partial charge is 0.497 e. The molecule has 7 nitrogen and oxygen atoms in total. The van der Waals surface area contributed by atoms with Crippen LogP contribution in [0.3, 0.4) is 0 Å². The van der Waals surface area contributed by atoms with Gasteiger partial charge in [0.05, 0.1) is 14.2 Å². The molecule has 8 heteroatoms. The van der Waals surface area contributed by atoms with Crippen LogP contribution in [-0.2, 0) is 19.6 Å². The number of carbonyl (C=O) groups is 1. The Morgan fingerprint density at radius 2 is 1.69 bits per heavy atom. The summed E-state index contributed by atoms with van der Waals surface area (Å²) in [5.41, 5.74) is 4.69. The van der Waals surface area contributed by atoms with E-state index in [1.807, 2.05) is 25.2 Å². The van der Waals surface area contributed by atoms with Crippen molar-refractivity contribution in [2.45, 2.75) is 43.3 Å². The number of carbonyl (C=O) groups excluding carboxylic acids is 1. The van der Waals surface area contributed by atoms with E-state index in [9.17, 15) is 13.2 Å². The van der Waals surface area contributed by atoms with E-state index in [2.05, 4.69) is 36.1 Å². The third-order valence-corrected chi connectivity index (χ3v) is 10.3. The number of rotatable bonds is 6. The summed E-state index contributed by atoms with van der Waals surface area (Å²) in [7, 11) is 1.07. The van der Waals surface area contributed by atoms with Gasteiger partial charge in [0.25, 0.3) is 0 Å². The standard InChI is InChI=1S/C27H36N2O5S/c1-20-18-22(8-9-25(20)23-6-5-7-24(19-23)33-3)21-10-14-29(15-11-21)35(31,32)27(26(30)34-4)12-16-28(2)17-13-27/h5-9,18-19,21H,10-17H2,1-4H3. The molecule has 2 aliphatic rings. The first kappa shape index (κ1) is 25.7. The monoisotopic (exact) mass is 500 g/mol. The number of sulfonamides is 1. The highest BCUT2D eigenvalue weighted by molar-refractivity contribution is 7.91. The van der Waals surface area contributed by atoms with Gasteiger partial charge in [-0.05, 0) is 93.0 Å². The zero-order chi connectivity index (χ0) is 25.2. The van der Waals surface area contributed by atoms with Crippen molar-refractivity contribution in [2.75, 3.05) is 47.4 Å². The second-order valence-electron chi connectivity index (χ2n) is 9.77. The van der Waals surface area contributed by atoms with Crippen LogP contribution < -0.4 is 4.74 Å². The molecule has 2 saturated heterocycles. The SMILES string of the molecule is COC(=O)C1(S(=O)(=O)N2CCC(c3ccc(-c4cccc(OC)c4)c(C)c3)CC2)CCN(C)CC1. The zero-order valence-electron chi connectivity index (χ0n) is 21.1. The van der Waals surface area contributed by atoms with Crippen molar-refractivity contribution in [1.29, 1.82) is 0 Å². The average molecular weight is 501 g/mol. The summed E-state index contributed by atoms with van der Waals surface area (Å²) in [5.74, 6) is 0.483. The lowest BCUT2D eigenvalue weighted by Crippen LogP contribution is -2.59. The molecule has 2 heterocycles. The molecule has 2 fully saturated rings. The van der Waals surface area contributed by atoms with E-state index in [1.54, 1.807) is 7.11 Å². The fraction of sp³-hybridized carbons (Fsp3) is 0.519. The van der Waals surface area contributed by atoms with E-state index < -0.39 is 20.7 Å². The van der Waals surface area contributed by atoms with E-state index in [0.29, 0.717) is 26.2 Å². The minimum Gasteiger partial charge on any atom is -0.497 e. The van der Waals surface area contributed by atoms with Gasteiger partial charge in [-0.2, -0.15) is 0 Å². The molecule has 0 amide bonds. The Morgan fingerprint density at radius 3 is 2.29 bits per heavy atom. The molecule has 0 radical (unpaired) electrons. The Balaban J connectivity index is 1.49.